The average molecular weight is 305 g/mol. The highest BCUT2D eigenvalue weighted by molar-refractivity contribution is 5.85. The fourth-order valence-electron chi connectivity index (χ4n) is 2.88. The van der Waals surface area contributed by atoms with E-state index in [2.05, 4.69) is 10.2 Å². The summed E-state index contributed by atoms with van der Waals surface area (Å²) in [7, 11) is 0. The van der Waals surface area contributed by atoms with Crippen LogP contribution in [-0.2, 0) is 0 Å². The predicted molar refractivity (Wildman–Crippen MR) is 80.2 cm³/mol. The molecule has 0 aromatic heterocycles. The fourth-order valence-corrected chi connectivity index (χ4v) is 2.88. The van der Waals surface area contributed by atoms with E-state index in [0.29, 0.717) is 0 Å². The van der Waals surface area contributed by atoms with Crippen molar-refractivity contribution in [3.8, 4) is 0 Å². The Bertz CT molecular complexity index is 420. The number of piperazine rings is 1. The van der Waals surface area contributed by atoms with Crippen LogP contribution in [0.4, 0.5) is 8.78 Å². The monoisotopic (exact) mass is 304 g/mol. The number of nitrogens with zero attached hydrogens (tertiary/aromatic N) is 1. The highest BCUT2D eigenvalue weighted by atomic mass is 35.5. The van der Waals surface area contributed by atoms with Gasteiger partial charge in [0, 0.05) is 37.8 Å². The maximum Gasteiger partial charge on any atom is 0.130 e. The molecule has 1 N–H and O–H groups in total. The van der Waals surface area contributed by atoms with Gasteiger partial charge in [0.2, 0.25) is 0 Å². The standard InChI is InChI=1S/C15H22F2N2.ClH/c1-15(2,3)14(19-9-7-18-8-10-19)13-11(16)5-4-6-12(13)17;/h4-6,14,18H,7-10H2,1-3H3;1H/t14-;/m1./s1. The summed E-state index contributed by atoms with van der Waals surface area (Å²) in [5.41, 5.74) is -0.0164. The smallest absolute Gasteiger partial charge is 0.130 e. The molecule has 2 nitrogen and oxygen atoms in total. The lowest BCUT2D eigenvalue weighted by Gasteiger charge is -2.42. The van der Waals surface area contributed by atoms with E-state index in [1.165, 1.54) is 18.2 Å². The second-order valence-corrected chi connectivity index (χ2v) is 6.19. The topological polar surface area (TPSA) is 15.3 Å². The Labute approximate surface area is 126 Å². The van der Waals surface area contributed by atoms with Gasteiger partial charge in [0.15, 0.2) is 0 Å². The lowest BCUT2D eigenvalue weighted by atomic mass is 9.80. The first-order valence-corrected chi connectivity index (χ1v) is 6.80. The van der Waals surface area contributed by atoms with Gasteiger partial charge in [-0.1, -0.05) is 26.8 Å². The third-order valence-electron chi connectivity index (χ3n) is 3.61. The van der Waals surface area contributed by atoms with Crippen molar-refractivity contribution in [2.45, 2.75) is 26.8 Å². The molecule has 1 heterocycles. The average Bonchev–Trinajstić information content (AvgIpc) is 2.33. The molecular weight excluding hydrogens is 282 g/mol. The number of benzene rings is 1. The highest BCUT2D eigenvalue weighted by Crippen LogP contribution is 2.40. The van der Waals surface area contributed by atoms with Crippen molar-refractivity contribution in [3.63, 3.8) is 0 Å². The Balaban J connectivity index is 0.00000200. The second kappa shape index (κ2) is 6.83. The molecule has 1 aliphatic heterocycles. The molecule has 1 atom stereocenters. The summed E-state index contributed by atoms with van der Waals surface area (Å²) in [5.74, 6) is -0.892. The molecule has 1 aromatic rings. The number of hydrogen-bond acceptors (Lipinski definition) is 2. The number of rotatable bonds is 2. The molecule has 114 valence electrons. The third kappa shape index (κ3) is 3.68. The van der Waals surface area contributed by atoms with Crippen molar-refractivity contribution in [2.75, 3.05) is 26.2 Å². The lowest BCUT2D eigenvalue weighted by Crippen LogP contribution is -2.48. The first kappa shape index (κ1) is 17.3. The summed E-state index contributed by atoms with van der Waals surface area (Å²) >= 11 is 0. The molecule has 0 radical (unpaired) electrons. The number of halogens is 3. The molecule has 5 heteroatoms. The van der Waals surface area contributed by atoms with E-state index in [1.54, 1.807) is 0 Å². The zero-order chi connectivity index (χ0) is 14.0. The minimum atomic E-state index is -0.446. The molecule has 2 rings (SSSR count). The van der Waals surface area contributed by atoms with E-state index in [1.807, 2.05) is 20.8 Å². The Kier molecular flexibility index (Phi) is 5.92. The van der Waals surface area contributed by atoms with Gasteiger partial charge in [0.05, 0.1) is 0 Å². The van der Waals surface area contributed by atoms with Crippen molar-refractivity contribution in [1.82, 2.24) is 10.2 Å². The van der Waals surface area contributed by atoms with E-state index in [9.17, 15) is 8.78 Å². The van der Waals surface area contributed by atoms with Crippen LogP contribution in [0.15, 0.2) is 18.2 Å². The zero-order valence-electron chi connectivity index (χ0n) is 12.2. The van der Waals surface area contributed by atoms with Crippen molar-refractivity contribution in [3.05, 3.63) is 35.4 Å². The van der Waals surface area contributed by atoms with Gasteiger partial charge in [0.25, 0.3) is 0 Å². The molecule has 0 aliphatic carbocycles. The van der Waals surface area contributed by atoms with Crippen LogP contribution in [0.5, 0.6) is 0 Å². The molecule has 0 amide bonds. The first-order valence-electron chi connectivity index (χ1n) is 6.80. The van der Waals surface area contributed by atoms with E-state index in [0.717, 1.165) is 26.2 Å². The van der Waals surface area contributed by atoms with Crippen molar-refractivity contribution in [1.29, 1.82) is 0 Å². The molecule has 20 heavy (non-hydrogen) atoms. The van der Waals surface area contributed by atoms with Gasteiger partial charge in [-0.2, -0.15) is 0 Å². The summed E-state index contributed by atoms with van der Waals surface area (Å²) in [5, 5.41) is 3.27. The summed E-state index contributed by atoms with van der Waals surface area (Å²) < 4.78 is 28.2. The van der Waals surface area contributed by atoms with Crippen LogP contribution in [0, 0.1) is 17.0 Å². The van der Waals surface area contributed by atoms with Crippen LogP contribution >= 0.6 is 12.4 Å². The van der Waals surface area contributed by atoms with Gasteiger partial charge in [-0.15, -0.1) is 12.4 Å². The Hall–Kier alpha value is -0.710. The Morgan fingerprint density at radius 3 is 2.05 bits per heavy atom. The third-order valence-corrected chi connectivity index (χ3v) is 3.61. The van der Waals surface area contributed by atoms with Gasteiger partial charge in [-0.25, -0.2) is 8.78 Å². The highest BCUT2D eigenvalue weighted by Gasteiger charge is 2.36. The van der Waals surface area contributed by atoms with Gasteiger partial charge in [-0.3, -0.25) is 4.90 Å². The Morgan fingerprint density at radius 1 is 1.10 bits per heavy atom. The minimum Gasteiger partial charge on any atom is -0.314 e. The Morgan fingerprint density at radius 2 is 1.60 bits per heavy atom. The molecule has 0 bridgehead atoms. The van der Waals surface area contributed by atoms with E-state index >= 15 is 0 Å². The van der Waals surface area contributed by atoms with Crippen molar-refractivity contribution in [2.24, 2.45) is 5.41 Å². The van der Waals surface area contributed by atoms with Gasteiger partial charge >= 0.3 is 0 Å². The quantitative estimate of drug-likeness (QED) is 0.901. The van der Waals surface area contributed by atoms with Crippen molar-refractivity contribution < 1.29 is 8.78 Å². The molecule has 0 saturated carbocycles. The van der Waals surface area contributed by atoms with Crippen LogP contribution in [0.25, 0.3) is 0 Å². The summed E-state index contributed by atoms with van der Waals surface area (Å²) in [6, 6.07) is 3.88. The van der Waals surface area contributed by atoms with Crippen LogP contribution in [0.1, 0.15) is 32.4 Å². The van der Waals surface area contributed by atoms with E-state index < -0.39 is 11.6 Å². The number of hydrogen-bond donors (Lipinski definition) is 1. The van der Waals surface area contributed by atoms with Gasteiger partial charge < -0.3 is 5.32 Å². The molecule has 1 fully saturated rings. The number of nitrogens with one attached hydrogen (secondary N) is 1. The van der Waals surface area contributed by atoms with Crippen LogP contribution < -0.4 is 5.32 Å². The first-order chi connectivity index (χ1) is 8.91. The molecule has 1 aliphatic rings. The summed E-state index contributed by atoms with van der Waals surface area (Å²) in [6.45, 7) is 9.46. The van der Waals surface area contributed by atoms with Crippen LogP contribution in [0.3, 0.4) is 0 Å². The fraction of sp³-hybridized carbons (Fsp3) is 0.600. The molecule has 1 aromatic carbocycles. The largest absolute Gasteiger partial charge is 0.314 e. The van der Waals surface area contributed by atoms with Crippen molar-refractivity contribution >= 4 is 12.4 Å². The van der Waals surface area contributed by atoms with Gasteiger partial charge in [0.1, 0.15) is 11.6 Å². The molecule has 0 unspecified atom stereocenters. The maximum absolute atomic E-state index is 14.1. The van der Waals surface area contributed by atoms with Crippen LogP contribution in [-0.4, -0.2) is 31.1 Å². The maximum atomic E-state index is 14.1. The van der Waals surface area contributed by atoms with E-state index in [-0.39, 0.29) is 29.4 Å². The lowest BCUT2D eigenvalue weighted by molar-refractivity contribution is 0.0804. The zero-order valence-corrected chi connectivity index (χ0v) is 13.1. The molecule has 1 saturated heterocycles. The summed E-state index contributed by atoms with van der Waals surface area (Å²) in [4.78, 5) is 2.18. The minimum absolute atomic E-state index is 0. The van der Waals surface area contributed by atoms with Crippen LogP contribution in [0.2, 0.25) is 0 Å². The van der Waals surface area contributed by atoms with Gasteiger partial charge in [-0.05, 0) is 17.5 Å². The molecule has 0 spiro atoms. The second-order valence-electron chi connectivity index (χ2n) is 6.19. The van der Waals surface area contributed by atoms with E-state index in [4.69, 9.17) is 0 Å². The SMILES string of the molecule is CC(C)(C)[C@@H](c1c(F)cccc1F)N1CCNCC1.Cl. The predicted octanol–water partition coefficient (Wildman–Crippen LogP) is 3.38. The molecular formula is C15H23ClF2N2. The normalized spacial score (nSPS) is 18.4. The summed E-state index contributed by atoms with van der Waals surface area (Å²) in [6.07, 6.45) is 0.